The Bertz CT molecular complexity index is 150. The Morgan fingerprint density at radius 3 is 2.67 bits per heavy atom. The number of nitrogens with one attached hydrogen (secondary N) is 1. The quantitative estimate of drug-likeness (QED) is 0.622. The van der Waals surface area contributed by atoms with Gasteiger partial charge in [-0.15, -0.1) is 12.4 Å². The van der Waals surface area contributed by atoms with Crippen molar-refractivity contribution >= 4 is 12.4 Å². The minimum absolute atomic E-state index is 0. The van der Waals surface area contributed by atoms with Gasteiger partial charge in [-0.05, 0) is 6.92 Å². The summed E-state index contributed by atoms with van der Waals surface area (Å²) in [5, 5.41) is 8.82. The summed E-state index contributed by atoms with van der Waals surface area (Å²) in [5.41, 5.74) is 0. The van der Waals surface area contributed by atoms with Gasteiger partial charge >= 0.3 is 0 Å². The average molecular weight is 149 g/mol. The van der Waals surface area contributed by atoms with Gasteiger partial charge in [-0.2, -0.15) is 0 Å². The molecule has 1 rings (SSSR count). The Morgan fingerprint density at radius 2 is 2.44 bits per heavy atom. The normalized spacial score (nSPS) is 12.2. The molecule has 1 atom stereocenters. The van der Waals surface area contributed by atoms with Gasteiger partial charge in [-0.1, -0.05) is 0 Å². The van der Waals surface area contributed by atoms with Gasteiger partial charge in [0.25, 0.3) is 0 Å². The van der Waals surface area contributed by atoms with Crippen LogP contribution in [0.5, 0.6) is 0 Å². The number of aliphatic hydroxyl groups is 1. The Morgan fingerprint density at radius 1 is 1.78 bits per heavy atom. The first-order valence-corrected chi connectivity index (χ1v) is 2.48. The summed E-state index contributed by atoms with van der Waals surface area (Å²) in [6.07, 6.45) is 2.81. The highest BCUT2D eigenvalue weighted by atomic mass is 35.5. The van der Waals surface area contributed by atoms with Crippen LogP contribution in [0.2, 0.25) is 0 Å². The second-order valence-electron chi connectivity index (χ2n) is 1.65. The number of nitrogens with zero attached hydrogens (tertiary/aromatic N) is 1. The van der Waals surface area contributed by atoms with Crippen LogP contribution in [0, 0.1) is 0 Å². The number of hydrogen-bond donors (Lipinski definition) is 2. The maximum absolute atomic E-state index is 8.82. The smallest absolute Gasteiger partial charge is 0.134 e. The molecule has 0 aliphatic rings. The fourth-order valence-electron chi connectivity index (χ4n) is 0.506. The zero-order valence-corrected chi connectivity index (χ0v) is 5.85. The fraction of sp³-hybridized carbons (Fsp3) is 0.400. The third kappa shape index (κ3) is 2.03. The molecule has 0 saturated carbocycles. The van der Waals surface area contributed by atoms with E-state index in [1.54, 1.807) is 19.3 Å². The van der Waals surface area contributed by atoms with Gasteiger partial charge in [0.05, 0.1) is 0 Å². The van der Waals surface area contributed by atoms with Crippen molar-refractivity contribution in [1.82, 2.24) is 9.97 Å². The summed E-state index contributed by atoms with van der Waals surface area (Å²) in [6.45, 7) is 1.67. The lowest BCUT2D eigenvalue weighted by molar-refractivity contribution is 0.190. The van der Waals surface area contributed by atoms with Crippen LogP contribution in [-0.4, -0.2) is 15.1 Å². The van der Waals surface area contributed by atoms with Gasteiger partial charge in [-0.3, -0.25) is 0 Å². The molecule has 0 amide bonds. The van der Waals surface area contributed by atoms with Gasteiger partial charge in [0.15, 0.2) is 0 Å². The SMILES string of the molecule is C[C@H](O)c1ncc[nH]1.Cl. The zero-order chi connectivity index (χ0) is 5.98. The van der Waals surface area contributed by atoms with Crippen LogP contribution in [0.3, 0.4) is 0 Å². The predicted octanol–water partition coefficient (Wildman–Crippen LogP) is 0.885. The Kier molecular flexibility index (Phi) is 3.27. The van der Waals surface area contributed by atoms with Crippen molar-refractivity contribution in [2.24, 2.45) is 0 Å². The molecule has 0 fully saturated rings. The van der Waals surface area contributed by atoms with E-state index in [2.05, 4.69) is 9.97 Å². The number of hydrogen-bond acceptors (Lipinski definition) is 2. The van der Waals surface area contributed by atoms with Gasteiger partial charge in [0.1, 0.15) is 11.9 Å². The molecule has 9 heavy (non-hydrogen) atoms. The van der Waals surface area contributed by atoms with Crippen LogP contribution in [0.15, 0.2) is 12.4 Å². The average Bonchev–Trinajstić information content (AvgIpc) is 2.12. The first-order valence-electron chi connectivity index (χ1n) is 2.48. The first-order chi connectivity index (χ1) is 3.80. The predicted molar refractivity (Wildman–Crippen MR) is 36.5 cm³/mol. The van der Waals surface area contributed by atoms with Crippen molar-refractivity contribution < 1.29 is 5.11 Å². The minimum atomic E-state index is -0.481. The highest BCUT2D eigenvalue weighted by molar-refractivity contribution is 5.85. The van der Waals surface area contributed by atoms with E-state index in [1.165, 1.54) is 0 Å². The van der Waals surface area contributed by atoms with Gasteiger partial charge in [0.2, 0.25) is 0 Å². The molecule has 0 bridgehead atoms. The zero-order valence-electron chi connectivity index (χ0n) is 5.03. The third-order valence-electron chi connectivity index (χ3n) is 0.915. The molecule has 1 aromatic heterocycles. The van der Waals surface area contributed by atoms with Crippen LogP contribution in [0.25, 0.3) is 0 Å². The molecule has 52 valence electrons. The Balaban J connectivity index is 0.000000640. The van der Waals surface area contributed by atoms with Gasteiger partial charge in [0, 0.05) is 12.4 Å². The number of halogens is 1. The lowest BCUT2D eigenvalue weighted by Gasteiger charge is -1.94. The number of aliphatic hydroxyl groups excluding tert-OH is 1. The maximum atomic E-state index is 8.82. The summed E-state index contributed by atoms with van der Waals surface area (Å²) >= 11 is 0. The second-order valence-corrected chi connectivity index (χ2v) is 1.65. The molecule has 1 aromatic rings. The molecule has 0 saturated heterocycles. The molecule has 0 spiro atoms. The molecule has 4 heteroatoms. The van der Waals surface area contributed by atoms with Crippen LogP contribution >= 0.6 is 12.4 Å². The summed E-state index contributed by atoms with van der Waals surface area (Å²) in [7, 11) is 0. The van der Waals surface area contributed by atoms with Crippen molar-refractivity contribution in [3.63, 3.8) is 0 Å². The third-order valence-corrected chi connectivity index (χ3v) is 0.915. The van der Waals surface area contributed by atoms with E-state index in [0.717, 1.165) is 0 Å². The summed E-state index contributed by atoms with van der Waals surface area (Å²) < 4.78 is 0. The number of aromatic nitrogens is 2. The van der Waals surface area contributed by atoms with Crippen molar-refractivity contribution in [3.8, 4) is 0 Å². The molecular formula is C5H9ClN2O. The van der Waals surface area contributed by atoms with Crippen LogP contribution in [0.4, 0.5) is 0 Å². The molecule has 0 aromatic carbocycles. The molecule has 3 nitrogen and oxygen atoms in total. The van der Waals surface area contributed by atoms with Crippen molar-refractivity contribution in [3.05, 3.63) is 18.2 Å². The molecular weight excluding hydrogens is 140 g/mol. The molecule has 0 aliphatic carbocycles. The molecule has 1 heterocycles. The lowest BCUT2D eigenvalue weighted by Crippen LogP contribution is -1.91. The van der Waals surface area contributed by atoms with Crippen molar-refractivity contribution in [1.29, 1.82) is 0 Å². The monoisotopic (exact) mass is 148 g/mol. The highest BCUT2D eigenvalue weighted by Crippen LogP contribution is 2.01. The first kappa shape index (κ1) is 8.46. The fourth-order valence-corrected chi connectivity index (χ4v) is 0.506. The summed E-state index contributed by atoms with van der Waals surface area (Å²) in [6, 6.07) is 0. The topological polar surface area (TPSA) is 48.9 Å². The highest BCUT2D eigenvalue weighted by Gasteiger charge is 1.98. The van der Waals surface area contributed by atoms with Crippen LogP contribution in [-0.2, 0) is 0 Å². The summed E-state index contributed by atoms with van der Waals surface area (Å²) in [5.74, 6) is 0.616. The lowest BCUT2D eigenvalue weighted by atomic mass is 10.4. The molecule has 0 aliphatic heterocycles. The van der Waals surface area contributed by atoms with Gasteiger partial charge in [-0.25, -0.2) is 4.98 Å². The minimum Gasteiger partial charge on any atom is -0.385 e. The number of aromatic amines is 1. The van der Waals surface area contributed by atoms with Crippen LogP contribution < -0.4 is 0 Å². The number of rotatable bonds is 1. The number of H-pyrrole nitrogens is 1. The molecule has 0 unspecified atom stereocenters. The van der Waals surface area contributed by atoms with Crippen molar-refractivity contribution in [2.45, 2.75) is 13.0 Å². The van der Waals surface area contributed by atoms with E-state index in [4.69, 9.17) is 5.11 Å². The van der Waals surface area contributed by atoms with E-state index >= 15 is 0 Å². The van der Waals surface area contributed by atoms with Crippen molar-refractivity contribution in [2.75, 3.05) is 0 Å². The van der Waals surface area contributed by atoms with E-state index in [9.17, 15) is 0 Å². The standard InChI is InChI=1S/C5H8N2O.ClH/c1-4(8)5-6-2-3-7-5;/h2-4,8H,1H3,(H,6,7);1H/t4-;/m0./s1. The number of imidazole rings is 1. The largest absolute Gasteiger partial charge is 0.385 e. The molecule has 2 N–H and O–H groups in total. The second kappa shape index (κ2) is 3.48. The van der Waals surface area contributed by atoms with Crippen LogP contribution in [0.1, 0.15) is 18.9 Å². The van der Waals surface area contributed by atoms with E-state index < -0.39 is 6.10 Å². The molecule has 0 radical (unpaired) electrons. The Hall–Kier alpha value is -0.540. The van der Waals surface area contributed by atoms with E-state index in [-0.39, 0.29) is 12.4 Å². The van der Waals surface area contributed by atoms with Gasteiger partial charge < -0.3 is 10.1 Å². The van der Waals surface area contributed by atoms with E-state index in [1.807, 2.05) is 0 Å². The summed E-state index contributed by atoms with van der Waals surface area (Å²) in [4.78, 5) is 6.59. The van der Waals surface area contributed by atoms with E-state index in [0.29, 0.717) is 5.82 Å². The maximum Gasteiger partial charge on any atom is 0.134 e. The Labute approximate surface area is 59.5 Å².